The van der Waals surface area contributed by atoms with Crippen LogP contribution in [0, 0.1) is 12.3 Å². The van der Waals surface area contributed by atoms with Crippen LogP contribution in [0.5, 0.6) is 0 Å². The highest BCUT2D eigenvalue weighted by atomic mass is 16.6. The number of hydrogen-bond donors (Lipinski definition) is 6. The Kier molecular flexibility index (Phi) is 15.4. The molecule has 79 heavy (non-hydrogen) atoms. The Balaban J connectivity index is 0.855. The van der Waals surface area contributed by atoms with E-state index in [4.69, 9.17) is 9.84 Å². The molecule has 1 aliphatic heterocycles. The first-order chi connectivity index (χ1) is 37.7. The number of aliphatic carboxylic acids is 2. The number of anilines is 1. The number of nitrogens with one attached hydrogen (secondary N) is 4. The summed E-state index contributed by atoms with van der Waals surface area (Å²) in [6.45, 7) is 7.76. The van der Waals surface area contributed by atoms with Gasteiger partial charge in [-0.2, -0.15) is 0 Å². The first-order valence-electron chi connectivity index (χ1n) is 25.9. The molecule has 0 saturated carbocycles. The maximum atomic E-state index is 14.6. The minimum atomic E-state index is -1.40. The van der Waals surface area contributed by atoms with Crippen LogP contribution in [0.25, 0.3) is 32.8 Å². The minimum absolute atomic E-state index is 0.00575. The van der Waals surface area contributed by atoms with Gasteiger partial charge in [0.05, 0.1) is 29.6 Å². The van der Waals surface area contributed by atoms with Crippen molar-refractivity contribution in [2.45, 2.75) is 85.4 Å². The van der Waals surface area contributed by atoms with Crippen molar-refractivity contribution >= 4 is 74.7 Å². The Morgan fingerprint density at radius 2 is 1.46 bits per heavy atom. The van der Waals surface area contributed by atoms with Crippen molar-refractivity contribution in [2.24, 2.45) is 5.41 Å². The van der Waals surface area contributed by atoms with Gasteiger partial charge in [0.2, 0.25) is 17.6 Å². The fraction of sp³-hybridized carbons (Fsp3) is 0.300. The number of carbonyl (C=O) groups excluding carboxylic acids is 6. The quantitative estimate of drug-likeness (QED) is 0.0256. The Bertz CT molecular complexity index is 3640. The van der Waals surface area contributed by atoms with Crippen LogP contribution in [-0.4, -0.2) is 105 Å². The number of nitrogens with zero attached hydrogens (tertiary/aromatic N) is 3. The molecule has 1 atom stereocenters. The molecule has 4 amide bonds. The molecule has 9 rings (SSSR count). The molecule has 6 N–H and O–H groups in total. The fourth-order valence-electron chi connectivity index (χ4n) is 11.1. The highest BCUT2D eigenvalue weighted by molar-refractivity contribution is 6.25. The van der Waals surface area contributed by atoms with E-state index in [1.165, 1.54) is 23.6 Å². The Morgan fingerprint density at radius 1 is 0.785 bits per heavy atom. The lowest BCUT2D eigenvalue weighted by atomic mass is 9.72. The first-order valence-corrected chi connectivity index (χ1v) is 25.9. The molecule has 0 radical (unpaired) electrons. The van der Waals surface area contributed by atoms with Crippen LogP contribution in [0.4, 0.5) is 10.5 Å². The van der Waals surface area contributed by atoms with E-state index in [9.17, 15) is 48.3 Å². The Labute approximate surface area is 453 Å². The second kappa shape index (κ2) is 22.4. The molecule has 19 heteroatoms. The van der Waals surface area contributed by atoms with Crippen molar-refractivity contribution in [3.63, 3.8) is 0 Å². The monoisotopic (exact) mass is 1070 g/mol. The lowest BCUT2D eigenvalue weighted by Gasteiger charge is -2.32. The zero-order valence-electron chi connectivity index (χ0n) is 44.3. The predicted octanol–water partition coefficient (Wildman–Crippen LogP) is 6.98. The highest BCUT2D eigenvalue weighted by Crippen LogP contribution is 2.45. The van der Waals surface area contributed by atoms with E-state index >= 15 is 0 Å². The van der Waals surface area contributed by atoms with Gasteiger partial charge in [-0.1, -0.05) is 80.6 Å². The summed E-state index contributed by atoms with van der Waals surface area (Å²) in [5, 5.41) is 29.4. The summed E-state index contributed by atoms with van der Waals surface area (Å²) in [5.74, 6) is -4.62. The third kappa shape index (κ3) is 11.1. The van der Waals surface area contributed by atoms with Crippen LogP contribution in [0.3, 0.4) is 0 Å². The summed E-state index contributed by atoms with van der Waals surface area (Å²) in [6, 6.07) is 28.6. The average molecular weight is 1070 g/mol. The van der Waals surface area contributed by atoms with Gasteiger partial charge in [0.15, 0.2) is 5.78 Å². The molecular formula is C60H59N7O12. The van der Waals surface area contributed by atoms with Crippen molar-refractivity contribution in [3.05, 3.63) is 163 Å². The maximum absolute atomic E-state index is 14.6. The van der Waals surface area contributed by atoms with Crippen LogP contribution in [0.15, 0.2) is 124 Å². The summed E-state index contributed by atoms with van der Waals surface area (Å²) >= 11 is 0. The van der Waals surface area contributed by atoms with Crippen molar-refractivity contribution in [1.29, 1.82) is 0 Å². The predicted molar refractivity (Wildman–Crippen MR) is 293 cm³/mol. The van der Waals surface area contributed by atoms with Gasteiger partial charge in [0.1, 0.15) is 18.5 Å². The van der Waals surface area contributed by atoms with Crippen LogP contribution in [0.1, 0.15) is 97.7 Å². The van der Waals surface area contributed by atoms with Crippen molar-refractivity contribution in [1.82, 2.24) is 30.8 Å². The summed E-state index contributed by atoms with van der Waals surface area (Å²) in [5.41, 5.74) is 5.48. The number of allylic oxidation sites excluding steroid dienone is 3. The number of carboxylic acids is 2. The number of amides is 4. The van der Waals surface area contributed by atoms with E-state index in [1.807, 2.05) is 72.8 Å². The van der Waals surface area contributed by atoms with E-state index < -0.39 is 58.8 Å². The third-order valence-corrected chi connectivity index (χ3v) is 14.9. The maximum Gasteiger partial charge on any atom is 0.414 e. The summed E-state index contributed by atoms with van der Waals surface area (Å²) < 4.78 is 6.19. The standard InChI is InChI=1S/C60H59N7O12/c1-32-52(55(73)53(33(2)54(32)72)63-23-22-50(70)71)60(4,5)28-49(69)62-25-24-61-48(68)21-20-47(58(76)77)67-30-37-27-38(17-18-39(37)57(67)75)66(29-35-14-15-36-16-19-46-51(44(36)26-35)56(74)65-34(3)64-46)59(78)79-31-45-42-12-8-6-10-40(42)41-11-7-9-13-43(41)45/h6-19,26-27,45,47,63H,20-25,28-31H2,1-5H3,(H,61,68)(H,62,69)(H,70,71)(H,76,77)(H,64,65,74). The lowest BCUT2D eigenvalue weighted by Crippen LogP contribution is -2.42. The molecule has 2 heterocycles. The number of carbonyl (C=O) groups is 8. The van der Waals surface area contributed by atoms with Crippen LogP contribution < -0.4 is 26.4 Å². The van der Waals surface area contributed by atoms with Gasteiger partial charge in [0, 0.05) is 78.3 Å². The van der Waals surface area contributed by atoms with Crippen molar-refractivity contribution in [2.75, 3.05) is 31.1 Å². The van der Waals surface area contributed by atoms with Crippen molar-refractivity contribution in [3.8, 4) is 11.1 Å². The number of aromatic amines is 1. The largest absolute Gasteiger partial charge is 0.481 e. The molecule has 0 bridgehead atoms. The summed E-state index contributed by atoms with van der Waals surface area (Å²) in [7, 11) is 0. The number of carboxylic acid groups (broad SMARTS) is 2. The number of hydrogen-bond acceptors (Lipinski definition) is 12. The highest BCUT2D eigenvalue weighted by Gasteiger charge is 2.41. The molecule has 406 valence electrons. The first kappa shape index (κ1) is 54.5. The fourth-order valence-corrected chi connectivity index (χ4v) is 11.1. The second-order valence-corrected chi connectivity index (χ2v) is 20.7. The minimum Gasteiger partial charge on any atom is -0.481 e. The van der Waals surface area contributed by atoms with E-state index in [-0.39, 0.29) is 104 Å². The van der Waals surface area contributed by atoms with Crippen LogP contribution in [0.2, 0.25) is 0 Å². The van der Waals surface area contributed by atoms with Gasteiger partial charge in [-0.05, 0) is 102 Å². The number of aryl methyl sites for hydroxylation is 1. The van der Waals surface area contributed by atoms with E-state index in [0.717, 1.165) is 27.6 Å². The number of ether oxygens (including phenoxy) is 1. The van der Waals surface area contributed by atoms with Gasteiger partial charge in [-0.3, -0.25) is 38.5 Å². The van der Waals surface area contributed by atoms with Gasteiger partial charge >= 0.3 is 18.0 Å². The number of aromatic nitrogens is 2. The zero-order chi connectivity index (χ0) is 56.4. The smallest absolute Gasteiger partial charge is 0.414 e. The average Bonchev–Trinajstić information content (AvgIpc) is 3.99. The number of H-pyrrole nitrogens is 1. The molecule has 1 aromatic heterocycles. The topological polar surface area (TPSA) is 275 Å². The van der Waals surface area contributed by atoms with Crippen molar-refractivity contribution < 1.29 is 53.3 Å². The summed E-state index contributed by atoms with van der Waals surface area (Å²) in [6.07, 6.45) is -1.67. The molecule has 2 aliphatic carbocycles. The molecular weight excluding hydrogens is 1010 g/mol. The molecule has 5 aromatic carbocycles. The molecule has 19 nitrogen and oxygen atoms in total. The molecule has 6 aromatic rings. The van der Waals surface area contributed by atoms with Gasteiger partial charge in [-0.15, -0.1) is 0 Å². The number of Topliss-reactive ketones (excluding diaryl/α,β-unsaturated/α-hetero) is 2. The number of benzene rings is 5. The molecule has 1 unspecified atom stereocenters. The lowest BCUT2D eigenvalue weighted by molar-refractivity contribution is -0.143. The second-order valence-electron chi connectivity index (χ2n) is 20.7. The van der Waals surface area contributed by atoms with E-state index in [1.54, 1.807) is 45.0 Å². The molecule has 0 spiro atoms. The van der Waals surface area contributed by atoms with Gasteiger partial charge < -0.3 is 40.8 Å². The Morgan fingerprint density at radius 3 is 2.14 bits per heavy atom. The van der Waals surface area contributed by atoms with E-state index in [0.29, 0.717) is 38.9 Å². The molecule has 0 saturated heterocycles. The number of rotatable bonds is 20. The Hall–Kier alpha value is -9.26. The van der Waals surface area contributed by atoms with Crippen LogP contribution >= 0.6 is 0 Å². The molecule has 3 aliphatic rings. The SMILES string of the molecule is CC1=C(NCCC(=O)O)C(=O)C(C(C)(C)CC(=O)NCCNC(=O)CCC(C(=O)O)N2Cc3cc(N(Cc4ccc5ccc6nc(C)[nH]c(=O)c6c5c4)C(=O)OCC4c5ccccc5-c5ccccc54)ccc3C2=O)=C(C)C1=O. The number of ketones is 2. The van der Waals surface area contributed by atoms with Gasteiger partial charge in [-0.25, -0.2) is 14.6 Å². The van der Waals surface area contributed by atoms with Crippen LogP contribution in [-0.2, 0) is 46.6 Å². The van der Waals surface area contributed by atoms with E-state index in [2.05, 4.69) is 25.9 Å². The number of fused-ring (bicyclic) bond motifs is 7. The summed E-state index contributed by atoms with van der Waals surface area (Å²) in [4.78, 5) is 129. The van der Waals surface area contributed by atoms with Gasteiger partial charge in [0.25, 0.3) is 11.5 Å². The zero-order valence-corrected chi connectivity index (χ0v) is 44.3. The normalized spacial score (nSPS) is 14.5. The molecule has 0 fully saturated rings. The third-order valence-electron chi connectivity index (χ3n) is 14.9.